The van der Waals surface area contributed by atoms with Gasteiger partial charge in [0.2, 0.25) is 0 Å². The summed E-state index contributed by atoms with van der Waals surface area (Å²) >= 11 is 1.70. The normalized spacial score (nSPS) is 11.3. The zero-order chi connectivity index (χ0) is 17.1. The maximum Gasteiger partial charge on any atom is 0.341 e. The highest BCUT2D eigenvalue weighted by molar-refractivity contribution is 7.09. The van der Waals surface area contributed by atoms with Crippen LogP contribution < -0.4 is 0 Å². The molecule has 0 amide bonds. The molecule has 7 heteroatoms. The largest absolute Gasteiger partial charge is 0.465 e. The molecule has 0 unspecified atom stereocenters. The molecule has 3 aromatic rings. The molecule has 0 N–H and O–H groups in total. The van der Waals surface area contributed by atoms with Crippen LogP contribution >= 0.6 is 11.3 Å². The van der Waals surface area contributed by atoms with Crippen LogP contribution in [0, 0.1) is 0 Å². The van der Waals surface area contributed by atoms with Crippen LogP contribution in [0.1, 0.15) is 33.7 Å². The third kappa shape index (κ3) is 3.47. The van der Waals surface area contributed by atoms with Crippen molar-refractivity contribution in [1.82, 2.24) is 19.3 Å². The Hall–Kier alpha value is -2.25. The van der Waals surface area contributed by atoms with Gasteiger partial charge in [-0.25, -0.2) is 14.8 Å². The number of hydrogen-bond donors (Lipinski definition) is 0. The number of methoxy groups -OCH3 is 1. The van der Waals surface area contributed by atoms with Crippen LogP contribution in [0.4, 0.5) is 0 Å². The summed E-state index contributed by atoms with van der Waals surface area (Å²) in [5, 5.41) is 3.27. The highest BCUT2D eigenvalue weighted by atomic mass is 32.1. The highest BCUT2D eigenvalue weighted by Gasteiger charge is 2.14. The summed E-state index contributed by atoms with van der Waals surface area (Å²) in [6, 6.07) is 3.54. The molecule has 0 aromatic carbocycles. The lowest BCUT2D eigenvalue weighted by molar-refractivity contribution is 0.0602. The van der Waals surface area contributed by atoms with E-state index in [1.807, 2.05) is 29.9 Å². The molecule has 3 heterocycles. The number of fused-ring (bicyclic) bond motifs is 1. The molecule has 3 rings (SSSR count). The van der Waals surface area contributed by atoms with Gasteiger partial charge in [-0.05, 0) is 25.6 Å². The molecule has 0 saturated heterocycles. The number of imidazole rings is 1. The molecule has 6 nitrogen and oxygen atoms in total. The lowest BCUT2D eigenvalue weighted by Gasteiger charge is -2.13. The molecule has 0 atom stereocenters. The van der Waals surface area contributed by atoms with E-state index in [1.54, 1.807) is 17.4 Å². The van der Waals surface area contributed by atoms with Crippen LogP contribution in [-0.4, -0.2) is 39.4 Å². The Morgan fingerprint density at radius 2 is 2.12 bits per heavy atom. The number of rotatable bonds is 6. The van der Waals surface area contributed by atoms with Crippen LogP contribution in [0.3, 0.4) is 0 Å². The average Bonchev–Trinajstić information content (AvgIpc) is 3.19. The monoisotopic (exact) mass is 344 g/mol. The predicted octanol–water partition coefficient (Wildman–Crippen LogP) is 2.77. The summed E-state index contributed by atoms with van der Waals surface area (Å²) in [6.07, 6.45) is 4.79. The first kappa shape index (κ1) is 16.6. The number of pyridine rings is 1. The van der Waals surface area contributed by atoms with Crippen LogP contribution in [0.25, 0.3) is 5.65 Å². The Bertz CT molecular complexity index is 855. The first-order valence-corrected chi connectivity index (χ1v) is 8.65. The minimum Gasteiger partial charge on any atom is -0.465 e. The lowest BCUT2D eigenvalue weighted by Crippen LogP contribution is -2.17. The molecule has 0 spiro atoms. The fourth-order valence-electron chi connectivity index (χ4n) is 2.60. The number of carbonyl (C=O) groups excluding carboxylic acids is 1. The number of thiazole rings is 1. The van der Waals surface area contributed by atoms with E-state index >= 15 is 0 Å². The van der Waals surface area contributed by atoms with E-state index in [1.165, 1.54) is 7.11 Å². The van der Waals surface area contributed by atoms with Gasteiger partial charge in [0, 0.05) is 30.9 Å². The molecular formula is C17H20N4O2S. The highest BCUT2D eigenvalue weighted by Crippen LogP contribution is 2.15. The fraction of sp³-hybridized carbons (Fsp3) is 0.353. The van der Waals surface area contributed by atoms with Crippen molar-refractivity contribution in [3.8, 4) is 0 Å². The Labute approximate surface area is 144 Å². The Kier molecular flexibility index (Phi) is 4.92. The standard InChI is InChI=1S/C17H20N4O2S/c1-4-15-18-13(11-24-15)9-20(2)8-12-10-21-7-5-6-14(16(21)19-12)17(22)23-3/h5-7,10-11H,4,8-9H2,1-3H3. The van der Waals surface area contributed by atoms with Crippen molar-refractivity contribution in [2.24, 2.45) is 0 Å². The summed E-state index contributed by atoms with van der Waals surface area (Å²) in [6.45, 7) is 3.57. The van der Waals surface area contributed by atoms with Gasteiger partial charge < -0.3 is 9.14 Å². The summed E-state index contributed by atoms with van der Waals surface area (Å²) in [4.78, 5) is 23.2. The maximum absolute atomic E-state index is 11.8. The molecule has 126 valence electrons. The average molecular weight is 344 g/mol. The third-order valence-corrected chi connectivity index (χ3v) is 4.75. The molecule has 0 fully saturated rings. The van der Waals surface area contributed by atoms with E-state index in [4.69, 9.17) is 4.74 Å². The minimum absolute atomic E-state index is 0.374. The zero-order valence-corrected chi connectivity index (χ0v) is 14.8. The molecule has 0 aliphatic heterocycles. The molecule has 0 saturated carbocycles. The molecule has 0 aliphatic rings. The van der Waals surface area contributed by atoms with Crippen molar-refractivity contribution in [2.45, 2.75) is 26.4 Å². The van der Waals surface area contributed by atoms with Crippen LogP contribution in [0.15, 0.2) is 29.9 Å². The summed E-state index contributed by atoms with van der Waals surface area (Å²) < 4.78 is 6.67. The van der Waals surface area contributed by atoms with Crippen molar-refractivity contribution in [2.75, 3.05) is 14.2 Å². The minimum atomic E-state index is -0.374. The fourth-order valence-corrected chi connectivity index (χ4v) is 3.34. The van der Waals surface area contributed by atoms with E-state index in [0.29, 0.717) is 17.8 Å². The van der Waals surface area contributed by atoms with Gasteiger partial charge in [-0.2, -0.15) is 0 Å². The Balaban J connectivity index is 1.76. The number of carbonyl (C=O) groups is 1. The topological polar surface area (TPSA) is 59.7 Å². The second-order valence-corrected chi connectivity index (χ2v) is 6.58. The van der Waals surface area contributed by atoms with Crippen molar-refractivity contribution < 1.29 is 9.53 Å². The molecular weight excluding hydrogens is 324 g/mol. The maximum atomic E-state index is 11.8. The zero-order valence-electron chi connectivity index (χ0n) is 14.0. The van der Waals surface area contributed by atoms with Gasteiger partial charge in [0.25, 0.3) is 0 Å². The van der Waals surface area contributed by atoms with Crippen LogP contribution in [0.5, 0.6) is 0 Å². The molecule has 24 heavy (non-hydrogen) atoms. The first-order valence-electron chi connectivity index (χ1n) is 7.77. The second kappa shape index (κ2) is 7.11. The van der Waals surface area contributed by atoms with Crippen molar-refractivity contribution in [3.05, 3.63) is 51.9 Å². The van der Waals surface area contributed by atoms with Crippen LogP contribution in [-0.2, 0) is 24.2 Å². The van der Waals surface area contributed by atoms with Gasteiger partial charge in [-0.1, -0.05) is 6.92 Å². The van der Waals surface area contributed by atoms with E-state index in [2.05, 4.69) is 27.2 Å². The van der Waals surface area contributed by atoms with Crippen molar-refractivity contribution in [3.63, 3.8) is 0 Å². The summed E-state index contributed by atoms with van der Waals surface area (Å²) in [5.41, 5.74) is 3.08. The molecule has 0 radical (unpaired) electrons. The van der Waals surface area contributed by atoms with Gasteiger partial charge in [-0.3, -0.25) is 4.90 Å². The summed E-state index contributed by atoms with van der Waals surface area (Å²) in [7, 11) is 3.41. The van der Waals surface area contributed by atoms with Gasteiger partial charge in [-0.15, -0.1) is 11.3 Å². The smallest absolute Gasteiger partial charge is 0.341 e. The number of hydrogen-bond acceptors (Lipinski definition) is 6. The number of ether oxygens (including phenoxy) is 1. The quantitative estimate of drug-likeness (QED) is 0.644. The molecule has 0 bridgehead atoms. The second-order valence-electron chi connectivity index (χ2n) is 5.63. The van der Waals surface area contributed by atoms with E-state index in [-0.39, 0.29) is 5.97 Å². The number of aromatic nitrogens is 3. The van der Waals surface area contributed by atoms with Crippen molar-refractivity contribution >= 4 is 23.0 Å². The molecule has 3 aromatic heterocycles. The van der Waals surface area contributed by atoms with Crippen molar-refractivity contribution in [1.29, 1.82) is 0 Å². The Morgan fingerprint density at radius 1 is 1.33 bits per heavy atom. The SMILES string of the molecule is CCc1nc(CN(C)Cc2cn3cccc(C(=O)OC)c3n2)cs1. The third-order valence-electron chi connectivity index (χ3n) is 3.70. The Morgan fingerprint density at radius 3 is 2.83 bits per heavy atom. The van der Waals surface area contributed by atoms with Gasteiger partial charge in [0.05, 0.1) is 23.5 Å². The number of esters is 1. The van der Waals surface area contributed by atoms with E-state index in [0.717, 1.165) is 29.4 Å². The number of nitrogens with zero attached hydrogens (tertiary/aromatic N) is 4. The molecule has 0 aliphatic carbocycles. The van der Waals surface area contributed by atoms with Gasteiger partial charge in [0.15, 0.2) is 5.65 Å². The summed E-state index contributed by atoms with van der Waals surface area (Å²) in [5.74, 6) is -0.374. The lowest BCUT2D eigenvalue weighted by atomic mass is 10.3. The van der Waals surface area contributed by atoms with E-state index in [9.17, 15) is 4.79 Å². The number of aryl methyl sites for hydroxylation is 1. The first-order chi connectivity index (χ1) is 11.6. The van der Waals surface area contributed by atoms with E-state index < -0.39 is 0 Å². The van der Waals surface area contributed by atoms with Gasteiger partial charge in [0.1, 0.15) is 5.56 Å². The predicted molar refractivity (Wildman–Crippen MR) is 93.2 cm³/mol. The van der Waals surface area contributed by atoms with Crippen LogP contribution in [0.2, 0.25) is 0 Å². The van der Waals surface area contributed by atoms with Gasteiger partial charge >= 0.3 is 5.97 Å².